The third kappa shape index (κ3) is 7.47. The van der Waals surface area contributed by atoms with Crippen molar-refractivity contribution in [2.45, 2.75) is 44.9 Å². The monoisotopic (exact) mass is 349 g/mol. The summed E-state index contributed by atoms with van der Waals surface area (Å²) < 4.78 is 40.3. The van der Waals surface area contributed by atoms with Crippen molar-refractivity contribution in [3.8, 4) is 11.8 Å². The molecule has 2 rings (SSSR count). The maximum absolute atomic E-state index is 12.1. The minimum absolute atomic E-state index is 0.172. The van der Waals surface area contributed by atoms with Crippen molar-refractivity contribution in [2.24, 2.45) is 11.8 Å². The number of hydrogen-bond acceptors (Lipinski definition) is 2. The highest BCUT2D eigenvalue weighted by Crippen LogP contribution is 2.32. The standard InChI is InChI=1S/C20H22F3NO/c21-20(22,23)25-19-13-11-18(12-14-19)10-9-17-7-5-16(6-8-17)4-2-1-3-15-24/h1-4,11-14,16-17H,5-10H2/b3-1+,4-2+/t16-,17-. The van der Waals surface area contributed by atoms with E-state index in [0.717, 1.165) is 31.2 Å². The van der Waals surface area contributed by atoms with Crippen LogP contribution in [-0.2, 0) is 6.42 Å². The highest BCUT2D eigenvalue weighted by atomic mass is 19.4. The Hall–Kier alpha value is -2.22. The van der Waals surface area contributed by atoms with Gasteiger partial charge in [0, 0.05) is 6.08 Å². The molecule has 0 radical (unpaired) electrons. The first-order chi connectivity index (χ1) is 12.0. The number of halogens is 3. The van der Waals surface area contributed by atoms with Crippen molar-refractivity contribution in [1.82, 2.24) is 0 Å². The molecule has 25 heavy (non-hydrogen) atoms. The zero-order valence-electron chi connectivity index (χ0n) is 14.0. The molecule has 0 amide bonds. The van der Waals surface area contributed by atoms with Crippen LogP contribution in [0.15, 0.2) is 48.6 Å². The molecule has 1 fully saturated rings. The van der Waals surface area contributed by atoms with Crippen LogP contribution in [0.1, 0.15) is 37.7 Å². The number of hydrogen-bond donors (Lipinski definition) is 0. The van der Waals surface area contributed by atoms with E-state index in [-0.39, 0.29) is 5.75 Å². The van der Waals surface area contributed by atoms with Crippen molar-refractivity contribution >= 4 is 0 Å². The maximum atomic E-state index is 12.1. The van der Waals surface area contributed by atoms with Crippen LogP contribution in [0.25, 0.3) is 0 Å². The van der Waals surface area contributed by atoms with Gasteiger partial charge in [-0.05, 0) is 68.1 Å². The average Bonchev–Trinajstić information content (AvgIpc) is 2.58. The molecule has 0 spiro atoms. The van der Waals surface area contributed by atoms with Gasteiger partial charge in [0.25, 0.3) is 0 Å². The lowest BCUT2D eigenvalue weighted by molar-refractivity contribution is -0.274. The second-order valence-corrected chi connectivity index (χ2v) is 6.38. The number of allylic oxidation sites excluding steroid dienone is 4. The second-order valence-electron chi connectivity index (χ2n) is 6.38. The predicted octanol–water partition coefficient (Wildman–Crippen LogP) is 5.96. The van der Waals surface area contributed by atoms with Crippen molar-refractivity contribution in [1.29, 1.82) is 5.26 Å². The Morgan fingerprint density at radius 2 is 1.76 bits per heavy atom. The van der Waals surface area contributed by atoms with Gasteiger partial charge in [0.05, 0.1) is 6.07 Å². The molecule has 0 saturated heterocycles. The molecule has 1 aliphatic carbocycles. The summed E-state index contributed by atoms with van der Waals surface area (Å²) in [7, 11) is 0. The molecule has 1 aliphatic rings. The lowest BCUT2D eigenvalue weighted by Gasteiger charge is -2.26. The smallest absolute Gasteiger partial charge is 0.406 e. The van der Waals surface area contributed by atoms with Crippen LogP contribution in [0.5, 0.6) is 5.75 Å². The van der Waals surface area contributed by atoms with Crippen LogP contribution in [0.4, 0.5) is 13.2 Å². The van der Waals surface area contributed by atoms with E-state index < -0.39 is 6.36 Å². The summed E-state index contributed by atoms with van der Waals surface area (Å²) in [6, 6.07) is 8.12. The van der Waals surface area contributed by atoms with E-state index >= 15 is 0 Å². The third-order valence-corrected chi connectivity index (χ3v) is 4.55. The molecule has 134 valence electrons. The molecule has 0 atom stereocenters. The summed E-state index contributed by atoms with van der Waals surface area (Å²) in [6.07, 6.45) is 9.29. The normalized spacial score (nSPS) is 21.5. The van der Waals surface area contributed by atoms with Crippen LogP contribution in [0.2, 0.25) is 0 Å². The Labute approximate surface area is 146 Å². The van der Waals surface area contributed by atoms with E-state index in [1.54, 1.807) is 18.2 Å². The van der Waals surface area contributed by atoms with Gasteiger partial charge in [0.15, 0.2) is 0 Å². The predicted molar refractivity (Wildman–Crippen MR) is 90.8 cm³/mol. The highest BCUT2D eigenvalue weighted by Gasteiger charge is 2.30. The highest BCUT2D eigenvalue weighted by molar-refractivity contribution is 5.27. The Bertz CT molecular complexity index is 618. The van der Waals surface area contributed by atoms with E-state index in [4.69, 9.17) is 5.26 Å². The maximum Gasteiger partial charge on any atom is 0.573 e. The molecule has 0 heterocycles. The fourth-order valence-electron chi connectivity index (χ4n) is 3.22. The molecular formula is C20H22F3NO. The minimum atomic E-state index is -4.64. The zero-order valence-corrected chi connectivity index (χ0v) is 14.0. The first-order valence-corrected chi connectivity index (χ1v) is 8.54. The Morgan fingerprint density at radius 1 is 1.08 bits per heavy atom. The number of nitrogens with zero attached hydrogens (tertiary/aromatic N) is 1. The topological polar surface area (TPSA) is 33.0 Å². The van der Waals surface area contributed by atoms with Crippen LogP contribution in [-0.4, -0.2) is 6.36 Å². The van der Waals surface area contributed by atoms with Gasteiger partial charge >= 0.3 is 6.36 Å². The van der Waals surface area contributed by atoms with Gasteiger partial charge in [0.1, 0.15) is 5.75 Å². The average molecular weight is 349 g/mol. The molecule has 1 saturated carbocycles. The molecule has 0 aromatic heterocycles. The number of rotatable bonds is 6. The van der Waals surface area contributed by atoms with Gasteiger partial charge in [0.2, 0.25) is 0 Å². The third-order valence-electron chi connectivity index (χ3n) is 4.55. The first-order valence-electron chi connectivity index (χ1n) is 8.54. The first kappa shape index (κ1) is 19.1. The molecule has 2 nitrogen and oxygen atoms in total. The van der Waals surface area contributed by atoms with Gasteiger partial charge in [-0.1, -0.05) is 30.4 Å². The van der Waals surface area contributed by atoms with Crippen LogP contribution in [0.3, 0.4) is 0 Å². The molecular weight excluding hydrogens is 327 g/mol. The fraction of sp³-hybridized carbons (Fsp3) is 0.450. The van der Waals surface area contributed by atoms with Gasteiger partial charge in [-0.25, -0.2) is 0 Å². The van der Waals surface area contributed by atoms with Crippen molar-refractivity contribution in [2.75, 3.05) is 0 Å². The van der Waals surface area contributed by atoms with Gasteiger partial charge in [-0.15, -0.1) is 13.2 Å². The van der Waals surface area contributed by atoms with E-state index in [0.29, 0.717) is 11.8 Å². The Morgan fingerprint density at radius 3 is 2.36 bits per heavy atom. The van der Waals surface area contributed by atoms with Crippen LogP contribution in [0, 0.1) is 23.2 Å². The van der Waals surface area contributed by atoms with E-state index in [1.807, 2.05) is 12.1 Å². The quantitative estimate of drug-likeness (QED) is 0.469. The van der Waals surface area contributed by atoms with Crippen LogP contribution >= 0.6 is 0 Å². The number of ether oxygens (including phenoxy) is 1. The van der Waals surface area contributed by atoms with Crippen LogP contribution < -0.4 is 4.74 Å². The van der Waals surface area contributed by atoms with E-state index in [1.165, 1.54) is 31.1 Å². The largest absolute Gasteiger partial charge is 0.573 e. The molecule has 1 aromatic rings. The lowest BCUT2D eigenvalue weighted by Crippen LogP contribution is -2.17. The fourth-order valence-corrected chi connectivity index (χ4v) is 3.22. The van der Waals surface area contributed by atoms with E-state index in [2.05, 4.69) is 10.8 Å². The molecule has 1 aromatic carbocycles. The summed E-state index contributed by atoms with van der Waals surface area (Å²) in [4.78, 5) is 0. The number of nitriles is 1. The minimum Gasteiger partial charge on any atom is -0.406 e. The van der Waals surface area contributed by atoms with Crippen molar-refractivity contribution in [3.63, 3.8) is 0 Å². The zero-order chi connectivity index (χ0) is 18.1. The molecule has 0 N–H and O–H groups in total. The van der Waals surface area contributed by atoms with E-state index in [9.17, 15) is 13.2 Å². The van der Waals surface area contributed by atoms with Crippen molar-refractivity contribution < 1.29 is 17.9 Å². The van der Waals surface area contributed by atoms with Gasteiger partial charge in [-0.3, -0.25) is 0 Å². The Kier molecular flexibility index (Phi) is 7.12. The molecule has 0 unspecified atom stereocenters. The Balaban J connectivity index is 1.71. The van der Waals surface area contributed by atoms with Gasteiger partial charge in [-0.2, -0.15) is 5.26 Å². The second kappa shape index (κ2) is 9.31. The molecule has 0 bridgehead atoms. The van der Waals surface area contributed by atoms with Crippen molar-refractivity contribution in [3.05, 3.63) is 54.1 Å². The van der Waals surface area contributed by atoms with Gasteiger partial charge < -0.3 is 4.74 Å². The summed E-state index contributed by atoms with van der Waals surface area (Å²) in [5, 5.41) is 8.43. The summed E-state index contributed by atoms with van der Waals surface area (Å²) in [5.41, 5.74) is 1.04. The molecule has 5 heteroatoms. The number of benzene rings is 1. The summed E-state index contributed by atoms with van der Waals surface area (Å²) in [6.45, 7) is 0. The summed E-state index contributed by atoms with van der Waals surface area (Å²) in [5.74, 6) is 1.08. The SMILES string of the molecule is N#C/C=C/C=C/[C@H]1CC[C@H](CCc2ccc(OC(F)(F)F)cc2)CC1. The number of aryl methyl sites for hydroxylation is 1. The molecule has 0 aliphatic heterocycles. The summed E-state index contributed by atoms with van der Waals surface area (Å²) >= 11 is 0. The number of alkyl halides is 3. The lowest BCUT2D eigenvalue weighted by atomic mass is 9.79.